The number of hydrogen-bond acceptors (Lipinski definition) is 3. The van der Waals surface area contributed by atoms with Gasteiger partial charge in [0, 0.05) is 18.3 Å². The summed E-state index contributed by atoms with van der Waals surface area (Å²) in [6, 6.07) is 2.46. The summed E-state index contributed by atoms with van der Waals surface area (Å²) in [7, 11) is 0. The SMILES string of the molecule is CCC(C)N(CC)c1nc(C)cc(C)c1C(N)=S. The van der Waals surface area contributed by atoms with Crippen molar-refractivity contribution in [3.63, 3.8) is 0 Å². The highest BCUT2D eigenvalue weighted by Gasteiger charge is 2.19. The topological polar surface area (TPSA) is 42.2 Å². The van der Waals surface area contributed by atoms with Gasteiger partial charge in [-0.3, -0.25) is 0 Å². The average molecular weight is 265 g/mol. The third-order valence-corrected chi connectivity index (χ3v) is 3.51. The zero-order chi connectivity index (χ0) is 13.9. The van der Waals surface area contributed by atoms with Crippen molar-refractivity contribution in [3.8, 4) is 0 Å². The normalized spacial score (nSPS) is 12.3. The van der Waals surface area contributed by atoms with Crippen molar-refractivity contribution in [1.29, 1.82) is 0 Å². The fraction of sp³-hybridized carbons (Fsp3) is 0.571. The first-order chi connectivity index (χ1) is 8.42. The summed E-state index contributed by atoms with van der Waals surface area (Å²) in [5.74, 6) is 0.928. The lowest BCUT2D eigenvalue weighted by Crippen LogP contribution is -2.35. The minimum absolute atomic E-state index is 0.428. The van der Waals surface area contributed by atoms with E-state index in [1.807, 2.05) is 19.9 Å². The van der Waals surface area contributed by atoms with Crippen LogP contribution in [0.4, 0.5) is 5.82 Å². The van der Waals surface area contributed by atoms with E-state index in [2.05, 4.69) is 30.7 Å². The zero-order valence-electron chi connectivity index (χ0n) is 11.9. The molecule has 0 radical (unpaired) electrons. The number of pyridine rings is 1. The number of anilines is 1. The molecule has 1 aromatic heterocycles. The van der Waals surface area contributed by atoms with Crippen LogP contribution in [0.1, 0.15) is 44.0 Å². The number of thiocarbonyl (C=S) groups is 1. The average Bonchev–Trinajstić information content (AvgIpc) is 2.28. The van der Waals surface area contributed by atoms with Crippen LogP contribution in [0, 0.1) is 13.8 Å². The third-order valence-electron chi connectivity index (χ3n) is 3.31. The highest BCUT2D eigenvalue weighted by Crippen LogP contribution is 2.25. The molecular weight excluding hydrogens is 242 g/mol. The second kappa shape index (κ2) is 6.14. The molecule has 0 aliphatic carbocycles. The highest BCUT2D eigenvalue weighted by atomic mass is 32.1. The van der Waals surface area contributed by atoms with Crippen LogP contribution in [-0.2, 0) is 0 Å². The summed E-state index contributed by atoms with van der Waals surface area (Å²) in [5.41, 5.74) is 8.89. The Morgan fingerprint density at radius 2 is 2.06 bits per heavy atom. The number of aromatic nitrogens is 1. The summed E-state index contributed by atoms with van der Waals surface area (Å²) in [6.45, 7) is 11.5. The van der Waals surface area contributed by atoms with Crippen LogP contribution in [0.15, 0.2) is 6.07 Å². The van der Waals surface area contributed by atoms with Gasteiger partial charge in [-0.25, -0.2) is 4.98 Å². The van der Waals surface area contributed by atoms with Gasteiger partial charge < -0.3 is 10.6 Å². The second-order valence-corrected chi connectivity index (χ2v) is 5.13. The molecule has 0 aliphatic rings. The molecule has 0 saturated carbocycles. The summed E-state index contributed by atoms with van der Waals surface area (Å²) < 4.78 is 0. The summed E-state index contributed by atoms with van der Waals surface area (Å²) in [6.07, 6.45) is 1.07. The summed E-state index contributed by atoms with van der Waals surface area (Å²) in [5, 5.41) is 0. The maximum absolute atomic E-state index is 5.86. The van der Waals surface area contributed by atoms with Crippen LogP contribution < -0.4 is 10.6 Å². The molecule has 0 bridgehead atoms. The fourth-order valence-electron chi connectivity index (χ4n) is 2.22. The molecule has 100 valence electrons. The molecule has 0 aliphatic heterocycles. The van der Waals surface area contributed by atoms with Gasteiger partial charge in [-0.15, -0.1) is 0 Å². The molecule has 2 N–H and O–H groups in total. The lowest BCUT2D eigenvalue weighted by molar-refractivity contribution is 0.622. The molecule has 0 saturated heterocycles. The first kappa shape index (κ1) is 14.9. The van der Waals surface area contributed by atoms with Gasteiger partial charge in [0.1, 0.15) is 10.8 Å². The van der Waals surface area contributed by atoms with Crippen LogP contribution in [0.5, 0.6) is 0 Å². The lowest BCUT2D eigenvalue weighted by Gasteiger charge is -2.30. The fourth-order valence-corrected chi connectivity index (χ4v) is 2.47. The predicted molar refractivity (Wildman–Crippen MR) is 82.4 cm³/mol. The Bertz CT molecular complexity index is 443. The Morgan fingerprint density at radius 1 is 1.44 bits per heavy atom. The molecule has 0 fully saturated rings. The van der Waals surface area contributed by atoms with Crippen LogP contribution >= 0.6 is 12.2 Å². The van der Waals surface area contributed by atoms with E-state index in [9.17, 15) is 0 Å². The van der Waals surface area contributed by atoms with Crippen molar-refractivity contribution in [2.75, 3.05) is 11.4 Å². The molecule has 0 aromatic carbocycles. The van der Waals surface area contributed by atoms with Crippen LogP contribution in [0.2, 0.25) is 0 Å². The molecule has 4 heteroatoms. The monoisotopic (exact) mass is 265 g/mol. The molecular formula is C14H23N3S. The van der Waals surface area contributed by atoms with Crippen molar-refractivity contribution in [3.05, 3.63) is 22.9 Å². The van der Waals surface area contributed by atoms with Crippen molar-refractivity contribution < 1.29 is 0 Å². The minimum Gasteiger partial charge on any atom is -0.389 e. The number of hydrogen-bond donors (Lipinski definition) is 1. The summed E-state index contributed by atoms with van der Waals surface area (Å²) in [4.78, 5) is 7.35. The molecule has 1 atom stereocenters. The standard InChI is InChI=1S/C14H23N3S/c1-6-11(5)17(7-2)14-12(13(15)18)9(3)8-10(4)16-14/h8,11H,6-7H2,1-5H3,(H2,15,18). The first-order valence-corrected chi connectivity index (χ1v) is 6.87. The van der Waals surface area contributed by atoms with E-state index in [0.29, 0.717) is 11.0 Å². The minimum atomic E-state index is 0.428. The van der Waals surface area contributed by atoms with Crippen molar-refractivity contribution in [2.24, 2.45) is 5.73 Å². The maximum Gasteiger partial charge on any atom is 0.139 e. The summed E-state index contributed by atoms with van der Waals surface area (Å²) >= 11 is 5.18. The third kappa shape index (κ3) is 2.99. The van der Waals surface area contributed by atoms with E-state index < -0.39 is 0 Å². The Hall–Kier alpha value is -1.16. The number of nitrogens with zero attached hydrogens (tertiary/aromatic N) is 2. The van der Waals surface area contributed by atoms with Crippen LogP contribution in [0.3, 0.4) is 0 Å². The van der Waals surface area contributed by atoms with Gasteiger partial charge in [0.15, 0.2) is 0 Å². The van der Waals surface area contributed by atoms with Crippen LogP contribution in [-0.4, -0.2) is 22.6 Å². The molecule has 1 unspecified atom stereocenters. The van der Waals surface area contributed by atoms with Gasteiger partial charge in [-0.05, 0) is 45.7 Å². The molecule has 1 rings (SSSR count). The van der Waals surface area contributed by atoms with Gasteiger partial charge in [0.05, 0.1) is 5.56 Å². The van der Waals surface area contributed by atoms with Crippen LogP contribution in [0.25, 0.3) is 0 Å². The Balaban J connectivity index is 3.40. The smallest absolute Gasteiger partial charge is 0.139 e. The lowest BCUT2D eigenvalue weighted by atomic mass is 10.1. The Morgan fingerprint density at radius 3 is 2.50 bits per heavy atom. The number of nitrogens with two attached hydrogens (primary N) is 1. The largest absolute Gasteiger partial charge is 0.389 e. The highest BCUT2D eigenvalue weighted by molar-refractivity contribution is 7.80. The Labute approximate surface area is 115 Å². The number of aryl methyl sites for hydroxylation is 2. The molecule has 0 amide bonds. The van der Waals surface area contributed by atoms with Crippen molar-refractivity contribution >= 4 is 23.0 Å². The van der Waals surface area contributed by atoms with Gasteiger partial charge in [-0.2, -0.15) is 0 Å². The predicted octanol–water partition coefficient (Wildman–Crippen LogP) is 2.96. The van der Waals surface area contributed by atoms with E-state index in [1.165, 1.54) is 0 Å². The number of rotatable bonds is 5. The first-order valence-electron chi connectivity index (χ1n) is 6.47. The molecule has 3 nitrogen and oxygen atoms in total. The van der Waals surface area contributed by atoms with Crippen molar-refractivity contribution in [1.82, 2.24) is 4.98 Å². The van der Waals surface area contributed by atoms with E-state index >= 15 is 0 Å². The van der Waals surface area contributed by atoms with Gasteiger partial charge >= 0.3 is 0 Å². The van der Waals surface area contributed by atoms with Crippen molar-refractivity contribution in [2.45, 2.75) is 47.1 Å². The van der Waals surface area contributed by atoms with E-state index in [4.69, 9.17) is 18.0 Å². The van der Waals surface area contributed by atoms with Gasteiger partial charge in [-0.1, -0.05) is 19.1 Å². The zero-order valence-corrected chi connectivity index (χ0v) is 12.8. The molecule has 1 aromatic rings. The maximum atomic E-state index is 5.86. The molecule has 18 heavy (non-hydrogen) atoms. The van der Waals surface area contributed by atoms with E-state index in [1.54, 1.807) is 0 Å². The van der Waals surface area contributed by atoms with Gasteiger partial charge in [0.2, 0.25) is 0 Å². The van der Waals surface area contributed by atoms with Gasteiger partial charge in [0.25, 0.3) is 0 Å². The molecule has 1 heterocycles. The second-order valence-electron chi connectivity index (χ2n) is 4.69. The van der Waals surface area contributed by atoms with E-state index in [0.717, 1.165) is 35.6 Å². The van der Waals surface area contributed by atoms with E-state index in [-0.39, 0.29) is 0 Å². The molecule has 0 spiro atoms. The Kier molecular flexibility index (Phi) is 5.08. The quantitative estimate of drug-likeness (QED) is 0.831.